The molecule has 2 aliphatic rings. The number of aliphatic carboxylic acids is 1. The highest BCUT2D eigenvalue weighted by atomic mass is 16.6. The monoisotopic (exact) mass is 227 g/mol. The van der Waals surface area contributed by atoms with E-state index in [0.29, 0.717) is 6.42 Å². The van der Waals surface area contributed by atoms with E-state index in [9.17, 15) is 9.59 Å². The topological polar surface area (TPSA) is 75.6 Å². The fourth-order valence-electron chi connectivity index (χ4n) is 2.23. The molecule has 1 atom stereocenters. The third kappa shape index (κ3) is 1.64. The van der Waals surface area contributed by atoms with Gasteiger partial charge in [-0.2, -0.15) is 0 Å². The van der Waals surface area contributed by atoms with Crippen LogP contribution >= 0.6 is 0 Å². The predicted octanol–water partition coefficient (Wildman–Crippen LogP) is 1.52. The van der Waals surface area contributed by atoms with Crippen molar-refractivity contribution in [1.82, 2.24) is 5.32 Å². The second-order valence-corrected chi connectivity index (χ2v) is 5.79. The highest BCUT2D eigenvalue weighted by Gasteiger charge is 2.79. The number of carbonyl (C=O) groups excluding carboxylic acids is 1. The molecule has 2 fully saturated rings. The average molecular weight is 227 g/mol. The highest BCUT2D eigenvalue weighted by Crippen LogP contribution is 2.73. The van der Waals surface area contributed by atoms with Crippen LogP contribution in [-0.4, -0.2) is 28.3 Å². The molecule has 90 valence electrons. The number of carboxylic acid groups (broad SMARTS) is 1. The standard InChI is InChI=1S/C11H17NO4/c1-9(2,3)16-8(15)12-11(7(13)14)6-10(11)4-5-10/h4-6H2,1-3H3,(H,12,15)(H,13,14). The number of nitrogens with one attached hydrogen (secondary N) is 1. The Bertz CT molecular complexity index is 353. The van der Waals surface area contributed by atoms with Crippen molar-refractivity contribution in [3.05, 3.63) is 0 Å². The number of alkyl carbamates (subject to hydrolysis) is 1. The van der Waals surface area contributed by atoms with Crippen LogP contribution in [-0.2, 0) is 9.53 Å². The summed E-state index contributed by atoms with van der Waals surface area (Å²) in [5.41, 5.74) is -1.83. The minimum Gasteiger partial charge on any atom is -0.479 e. The lowest BCUT2D eigenvalue weighted by molar-refractivity contribution is -0.141. The van der Waals surface area contributed by atoms with Crippen molar-refractivity contribution in [2.75, 3.05) is 0 Å². The molecule has 2 saturated carbocycles. The molecular formula is C11H17NO4. The molecule has 0 bridgehead atoms. The van der Waals surface area contributed by atoms with Crippen molar-refractivity contribution in [1.29, 1.82) is 0 Å². The van der Waals surface area contributed by atoms with Gasteiger partial charge < -0.3 is 15.2 Å². The van der Waals surface area contributed by atoms with Gasteiger partial charge in [0.15, 0.2) is 0 Å². The first kappa shape index (κ1) is 11.2. The quantitative estimate of drug-likeness (QED) is 0.750. The Morgan fingerprint density at radius 2 is 1.88 bits per heavy atom. The number of carboxylic acids is 1. The van der Waals surface area contributed by atoms with Crippen LogP contribution < -0.4 is 5.32 Å². The normalized spacial score (nSPS) is 29.7. The van der Waals surface area contributed by atoms with E-state index in [0.717, 1.165) is 12.8 Å². The van der Waals surface area contributed by atoms with Gasteiger partial charge in [-0.05, 0) is 40.0 Å². The first-order valence-electron chi connectivity index (χ1n) is 5.45. The molecule has 1 spiro atoms. The Labute approximate surface area is 94.2 Å². The van der Waals surface area contributed by atoms with Crippen LogP contribution in [0, 0.1) is 5.41 Å². The van der Waals surface area contributed by atoms with Crippen molar-refractivity contribution in [2.24, 2.45) is 5.41 Å². The SMILES string of the molecule is CC(C)(C)OC(=O)NC1(C(=O)O)CC12CC2. The van der Waals surface area contributed by atoms with Gasteiger partial charge in [0.25, 0.3) is 0 Å². The Morgan fingerprint density at radius 3 is 2.19 bits per heavy atom. The molecule has 2 N–H and O–H groups in total. The molecule has 5 nitrogen and oxygen atoms in total. The van der Waals surface area contributed by atoms with Crippen LogP contribution in [0.4, 0.5) is 4.79 Å². The molecule has 1 unspecified atom stereocenters. The first-order chi connectivity index (χ1) is 7.21. The summed E-state index contributed by atoms with van der Waals surface area (Å²) < 4.78 is 5.07. The zero-order valence-corrected chi connectivity index (χ0v) is 9.79. The van der Waals surface area contributed by atoms with Crippen LogP contribution in [0.15, 0.2) is 0 Å². The highest BCUT2D eigenvalue weighted by molar-refractivity contribution is 5.90. The lowest BCUT2D eigenvalue weighted by Crippen LogP contribution is -2.47. The Kier molecular flexibility index (Phi) is 2.03. The molecule has 0 aromatic rings. The Balaban J connectivity index is 1.99. The zero-order valence-electron chi connectivity index (χ0n) is 9.79. The van der Waals surface area contributed by atoms with Gasteiger partial charge in [-0.15, -0.1) is 0 Å². The lowest BCUT2D eigenvalue weighted by Gasteiger charge is -2.22. The van der Waals surface area contributed by atoms with E-state index in [4.69, 9.17) is 9.84 Å². The molecule has 2 aliphatic carbocycles. The molecular weight excluding hydrogens is 210 g/mol. The molecule has 5 heteroatoms. The molecule has 0 heterocycles. The maximum atomic E-state index is 11.5. The van der Waals surface area contributed by atoms with E-state index in [2.05, 4.69) is 5.32 Å². The maximum absolute atomic E-state index is 11.5. The molecule has 0 saturated heterocycles. The van der Waals surface area contributed by atoms with Crippen LogP contribution in [0.2, 0.25) is 0 Å². The van der Waals surface area contributed by atoms with Crippen LogP contribution in [0.1, 0.15) is 40.0 Å². The summed E-state index contributed by atoms with van der Waals surface area (Å²) in [6.45, 7) is 5.25. The summed E-state index contributed by atoms with van der Waals surface area (Å²) in [5.74, 6) is -0.948. The van der Waals surface area contributed by atoms with Crippen molar-refractivity contribution in [2.45, 2.75) is 51.2 Å². The third-order valence-electron chi connectivity index (χ3n) is 3.32. The summed E-state index contributed by atoms with van der Waals surface area (Å²) in [5, 5.41) is 11.7. The summed E-state index contributed by atoms with van der Waals surface area (Å²) >= 11 is 0. The summed E-state index contributed by atoms with van der Waals surface area (Å²) in [4.78, 5) is 22.7. The van der Waals surface area contributed by atoms with Crippen molar-refractivity contribution in [3.8, 4) is 0 Å². The number of hydrogen-bond acceptors (Lipinski definition) is 3. The summed E-state index contributed by atoms with van der Waals surface area (Å²) in [7, 11) is 0. The van der Waals surface area contributed by atoms with Gasteiger partial charge in [0.2, 0.25) is 0 Å². The van der Waals surface area contributed by atoms with Gasteiger partial charge in [0, 0.05) is 5.41 Å². The Hall–Kier alpha value is -1.26. The second-order valence-electron chi connectivity index (χ2n) is 5.79. The van der Waals surface area contributed by atoms with Gasteiger partial charge in [-0.1, -0.05) is 0 Å². The molecule has 0 aliphatic heterocycles. The number of carbonyl (C=O) groups is 2. The largest absolute Gasteiger partial charge is 0.479 e. The van der Waals surface area contributed by atoms with E-state index in [-0.39, 0.29) is 5.41 Å². The Morgan fingerprint density at radius 1 is 1.31 bits per heavy atom. The predicted molar refractivity (Wildman–Crippen MR) is 56.0 cm³/mol. The van der Waals surface area contributed by atoms with E-state index < -0.39 is 23.2 Å². The first-order valence-corrected chi connectivity index (χ1v) is 5.45. The van der Waals surface area contributed by atoms with Crippen LogP contribution in [0.5, 0.6) is 0 Å². The third-order valence-corrected chi connectivity index (χ3v) is 3.32. The molecule has 0 aromatic heterocycles. The minimum atomic E-state index is -1.06. The zero-order chi connectivity index (χ0) is 12.2. The molecule has 16 heavy (non-hydrogen) atoms. The van der Waals surface area contributed by atoms with Gasteiger partial charge in [0.1, 0.15) is 11.1 Å². The van der Waals surface area contributed by atoms with Crippen molar-refractivity contribution >= 4 is 12.1 Å². The van der Waals surface area contributed by atoms with E-state index in [1.165, 1.54) is 0 Å². The molecule has 2 rings (SSSR count). The lowest BCUT2D eigenvalue weighted by atomic mass is 10.2. The van der Waals surface area contributed by atoms with Crippen molar-refractivity contribution < 1.29 is 19.4 Å². The molecule has 0 aromatic carbocycles. The fourth-order valence-corrected chi connectivity index (χ4v) is 2.23. The second kappa shape index (κ2) is 2.90. The van der Waals surface area contributed by atoms with Gasteiger partial charge in [-0.25, -0.2) is 9.59 Å². The van der Waals surface area contributed by atoms with Gasteiger partial charge in [-0.3, -0.25) is 0 Å². The minimum absolute atomic E-state index is 0.171. The van der Waals surface area contributed by atoms with E-state index >= 15 is 0 Å². The maximum Gasteiger partial charge on any atom is 0.408 e. The van der Waals surface area contributed by atoms with Crippen LogP contribution in [0.25, 0.3) is 0 Å². The van der Waals surface area contributed by atoms with E-state index in [1.54, 1.807) is 20.8 Å². The average Bonchev–Trinajstić information content (AvgIpc) is 2.90. The molecule has 1 amide bonds. The number of rotatable bonds is 2. The van der Waals surface area contributed by atoms with Gasteiger partial charge in [0.05, 0.1) is 0 Å². The smallest absolute Gasteiger partial charge is 0.408 e. The van der Waals surface area contributed by atoms with E-state index in [1.807, 2.05) is 0 Å². The fraction of sp³-hybridized carbons (Fsp3) is 0.818. The molecule has 0 radical (unpaired) electrons. The number of hydrogen-bond donors (Lipinski definition) is 2. The summed E-state index contributed by atoms with van der Waals surface area (Å²) in [6, 6.07) is 0. The number of amides is 1. The van der Waals surface area contributed by atoms with Gasteiger partial charge >= 0.3 is 12.1 Å². The van der Waals surface area contributed by atoms with Crippen molar-refractivity contribution in [3.63, 3.8) is 0 Å². The summed E-state index contributed by atoms with van der Waals surface area (Å²) in [6.07, 6.45) is 1.66. The number of ether oxygens (including phenoxy) is 1. The van der Waals surface area contributed by atoms with Crippen LogP contribution in [0.3, 0.4) is 0 Å².